The molecule has 0 rings (SSSR count). The summed E-state index contributed by atoms with van der Waals surface area (Å²) < 4.78 is 48.6. The predicted molar refractivity (Wildman–Crippen MR) is 107 cm³/mol. The maximum atomic E-state index is 13.4. The quantitative estimate of drug-likeness (QED) is 0.251. The third-order valence-electron chi connectivity index (χ3n) is 3.86. The molecular weight excluding hydrogens is 376 g/mol. The van der Waals surface area contributed by atoms with Crippen LogP contribution < -0.4 is 5.32 Å². The molecule has 0 radical (unpaired) electrons. The smallest absolute Gasteiger partial charge is 0.313 e. The molecule has 0 amide bonds. The van der Waals surface area contributed by atoms with Gasteiger partial charge >= 0.3 is 15.2 Å². The summed E-state index contributed by atoms with van der Waals surface area (Å²) >= 11 is 0. The van der Waals surface area contributed by atoms with E-state index >= 15 is 0 Å². The monoisotopic (exact) mass is 415 g/mol. The first kappa shape index (κ1) is 26.3. The maximum absolute atomic E-state index is 13.4. The fourth-order valence-corrected chi connectivity index (χ4v) is 7.77. The fourth-order valence-electron chi connectivity index (χ4n) is 2.64. The van der Waals surface area contributed by atoms with Gasteiger partial charge in [-0.1, -0.05) is 26.2 Å². The first-order valence-electron chi connectivity index (χ1n) is 9.84. The Hall–Kier alpha value is 0.260. The highest BCUT2D eigenvalue weighted by Gasteiger charge is 2.50. The van der Waals surface area contributed by atoms with Gasteiger partial charge in [-0.05, 0) is 41.0 Å². The van der Waals surface area contributed by atoms with E-state index in [1.807, 2.05) is 0 Å². The summed E-state index contributed by atoms with van der Waals surface area (Å²) in [6.07, 6.45) is 4.42. The summed E-state index contributed by atoms with van der Waals surface area (Å²) in [4.78, 5) is 0. The van der Waals surface area contributed by atoms with Crippen molar-refractivity contribution >= 4 is 15.2 Å². The highest BCUT2D eigenvalue weighted by molar-refractivity contribution is 7.72. The maximum Gasteiger partial charge on any atom is 0.347 e. The van der Waals surface area contributed by atoms with Crippen LogP contribution in [0.5, 0.6) is 0 Å². The average Bonchev–Trinajstić information content (AvgIpc) is 2.56. The van der Waals surface area contributed by atoms with Gasteiger partial charge in [0.2, 0.25) is 0 Å². The van der Waals surface area contributed by atoms with Gasteiger partial charge in [-0.3, -0.25) is 9.13 Å². The van der Waals surface area contributed by atoms with Crippen molar-refractivity contribution in [2.45, 2.75) is 78.7 Å². The molecule has 0 aromatic carbocycles. The summed E-state index contributed by atoms with van der Waals surface area (Å²) in [5, 5.41) is 2.33. The molecule has 0 heterocycles. The van der Waals surface area contributed by atoms with Crippen molar-refractivity contribution in [1.29, 1.82) is 0 Å². The minimum Gasteiger partial charge on any atom is -0.313 e. The van der Waals surface area contributed by atoms with Gasteiger partial charge in [0.15, 0.2) is 5.40 Å². The van der Waals surface area contributed by atoms with Gasteiger partial charge in [0.1, 0.15) is 0 Å². The van der Waals surface area contributed by atoms with Crippen LogP contribution in [0.3, 0.4) is 0 Å². The zero-order chi connectivity index (χ0) is 20.1. The van der Waals surface area contributed by atoms with E-state index in [2.05, 4.69) is 19.2 Å². The Labute approximate surface area is 160 Å². The van der Waals surface area contributed by atoms with E-state index in [9.17, 15) is 9.13 Å². The van der Waals surface area contributed by atoms with Gasteiger partial charge in [0.05, 0.1) is 26.4 Å². The van der Waals surface area contributed by atoms with Crippen molar-refractivity contribution in [2.75, 3.05) is 33.0 Å². The van der Waals surface area contributed by atoms with Crippen molar-refractivity contribution in [3.05, 3.63) is 0 Å². The fraction of sp³-hybridized carbons (Fsp3) is 1.00. The molecule has 0 spiro atoms. The zero-order valence-corrected chi connectivity index (χ0v) is 19.2. The Morgan fingerprint density at radius 2 is 1.19 bits per heavy atom. The molecule has 0 fully saturated rings. The van der Waals surface area contributed by atoms with Crippen LogP contribution in [0.1, 0.15) is 67.2 Å². The van der Waals surface area contributed by atoms with Crippen molar-refractivity contribution < 1.29 is 27.2 Å². The molecular formula is C17H39NO6P2. The molecule has 0 bridgehead atoms. The zero-order valence-electron chi connectivity index (χ0n) is 17.4. The number of unbranched alkanes of at least 4 members (excludes halogenated alkanes) is 2. The molecule has 26 heavy (non-hydrogen) atoms. The van der Waals surface area contributed by atoms with Crippen LogP contribution in [0.15, 0.2) is 0 Å². The summed E-state index contributed by atoms with van der Waals surface area (Å²) in [5.74, 6) is 0. The van der Waals surface area contributed by atoms with Crippen LogP contribution >= 0.6 is 15.2 Å². The lowest BCUT2D eigenvalue weighted by atomic mass is 10.1. The van der Waals surface area contributed by atoms with E-state index in [1.54, 1.807) is 27.7 Å². The minimum absolute atomic E-state index is 0.182. The van der Waals surface area contributed by atoms with Crippen LogP contribution in [0, 0.1) is 0 Å². The van der Waals surface area contributed by atoms with Gasteiger partial charge in [-0.2, -0.15) is 0 Å². The topological polar surface area (TPSA) is 83.1 Å². The van der Waals surface area contributed by atoms with E-state index in [0.717, 1.165) is 19.3 Å². The molecule has 1 atom stereocenters. The summed E-state index contributed by atoms with van der Waals surface area (Å²) in [6, 6.07) is 0.192. The van der Waals surface area contributed by atoms with E-state index in [-0.39, 0.29) is 39.0 Å². The van der Waals surface area contributed by atoms with Gasteiger partial charge in [0, 0.05) is 12.6 Å². The second-order valence-electron chi connectivity index (χ2n) is 6.04. The van der Waals surface area contributed by atoms with Crippen molar-refractivity contribution in [3.8, 4) is 0 Å². The molecule has 0 saturated heterocycles. The second-order valence-corrected chi connectivity index (χ2v) is 10.9. The highest BCUT2D eigenvalue weighted by atomic mass is 31.2. The van der Waals surface area contributed by atoms with Crippen LogP contribution in [0.25, 0.3) is 0 Å². The number of rotatable bonds is 17. The molecule has 0 saturated carbocycles. The lowest BCUT2D eigenvalue weighted by molar-refractivity contribution is 0.194. The molecule has 0 aliphatic carbocycles. The first-order chi connectivity index (χ1) is 12.3. The Kier molecular flexibility index (Phi) is 14.4. The standard InChI is InChI=1S/C17H39NO6P2/c1-7-12-13-14-16(6)18-15-17(25(19,21-8-2)22-9-3)26(20,23-10-4)24-11-5/h16-18H,7-15H2,1-6H3. The largest absolute Gasteiger partial charge is 0.347 e. The molecule has 1 N–H and O–H groups in total. The van der Waals surface area contributed by atoms with E-state index in [1.165, 1.54) is 6.42 Å². The third-order valence-corrected chi connectivity index (χ3v) is 9.85. The van der Waals surface area contributed by atoms with Crippen molar-refractivity contribution in [1.82, 2.24) is 5.32 Å². The van der Waals surface area contributed by atoms with E-state index < -0.39 is 20.6 Å². The molecule has 0 aliphatic heterocycles. The van der Waals surface area contributed by atoms with E-state index in [0.29, 0.717) is 0 Å². The third kappa shape index (κ3) is 8.97. The van der Waals surface area contributed by atoms with Crippen molar-refractivity contribution in [3.63, 3.8) is 0 Å². The molecule has 0 aromatic heterocycles. The first-order valence-corrected chi connectivity index (χ1v) is 13.1. The summed E-state index contributed by atoms with van der Waals surface area (Å²) in [7, 11) is -7.35. The van der Waals surface area contributed by atoms with Gasteiger partial charge in [-0.25, -0.2) is 0 Å². The lowest BCUT2D eigenvalue weighted by Crippen LogP contribution is -2.35. The van der Waals surface area contributed by atoms with Crippen LogP contribution in [0.4, 0.5) is 0 Å². The Morgan fingerprint density at radius 3 is 1.54 bits per heavy atom. The van der Waals surface area contributed by atoms with Crippen molar-refractivity contribution in [2.24, 2.45) is 0 Å². The lowest BCUT2D eigenvalue weighted by Gasteiger charge is -2.32. The normalized spacial score (nSPS) is 14.1. The molecule has 1 unspecified atom stereocenters. The molecule has 9 heteroatoms. The number of hydrogen-bond donors (Lipinski definition) is 1. The SMILES string of the molecule is CCCCCC(C)NCC(P(=O)(OCC)OCC)P(=O)(OCC)OCC. The molecule has 158 valence electrons. The van der Waals surface area contributed by atoms with Gasteiger partial charge in [-0.15, -0.1) is 0 Å². The molecule has 0 aromatic rings. The summed E-state index contributed by atoms with van der Waals surface area (Å²) in [6.45, 7) is 12.1. The van der Waals surface area contributed by atoms with Crippen LogP contribution in [-0.4, -0.2) is 44.4 Å². The Balaban J connectivity index is 5.44. The predicted octanol–water partition coefficient (Wildman–Crippen LogP) is 5.40. The average molecular weight is 415 g/mol. The van der Waals surface area contributed by atoms with Crippen LogP contribution in [-0.2, 0) is 27.2 Å². The second kappa shape index (κ2) is 14.3. The van der Waals surface area contributed by atoms with Crippen LogP contribution in [0.2, 0.25) is 0 Å². The molecule has 7 nitrogen and oxygen atoms in total. The number of hydrogen-bond acceptors (Lipinski definition) is 7. The van der Waals surface area contributed by atoms with Gasteiger partial charge < -0.3 is 23.4 Å². The number of nitrogens with one attached hydrogen (secondary N) is 1. The highest BCUT2D eigenvalue weighted by Crippen LogP contribution is 2.70. The Morgan fingerprint density at radius 1 is 0.769 bits per heavy atom. The van der Waals surface area contributed by atoms with Gasteiger partial charge in [0.25, 0.3) is 0 Å². The van der Waals surface area contributed by atoms with E-state index in [4.69, 9.17) is 18.1 Å². The molecule has 0 aliphatic rings. The summed E-state index contributed by atoms with van der Waals surface area (Å²) in [5.41, 5.74) is 0. The Bertz CT molecular complexity index is 399. The minimum atomic E-state index is -3.67.